The molecule has 0 unspecified atom stereocenters. The standard InChI is InChI=1S/C24H22N4O6S/c1-32-16-10-13-21(33-2)20(14-16)27-22-23(26-19-7-5-4-6-18(19)25-22)28-35(30,31)17-11-8-15(9-12-17)24(29)34-3/h4-14H,1-3H3,(H,25,27)(H,26,28). The smallest absolute Gasteiger partial charge is 0.337 e. The van der Waals surface area contributed by atoms with Crippen LogP contribution < -0.4 is 19.5 Å². The monoisotopic (exact) mass is 494 g/mol. The highest BCUT2D eigenvalue weighted by Gasteiger charge is 2.20. The summed E-state index contributed by atoms with van der Waals surface area (Å²) in [5.41, 5.74) is 1.78. The van der Waals surface area contributed by atoms with Crippen LogP contribution >= 0.6 is 0 Å². The number of methoxy groups -OCH3 is 3. The Bertz CT molecular complexity index is 1490. The van der Waals surface area contributed by atoms with Crippen molar-refractivity contribution in [2.24, 2.45) is 0 Å². The predicted octanol–water partition coefficient (Wildman–Crippen LogP) is 3.98. The molecule has 0 spiro atoms. The predicted molar refractivity (Wildman–Crippen MR) is 131 cm³/mol. The van der Waals surface area contributed by atoms with Crippen LogP contribution in [0.3, 0.4) is 0 Å². The van der Waals surface area contributed by atoms with E-state index in [9.17, 15) is 13.2 Å². The van der Waals surface area contributed by atoms with Crippen molar-refractivity contribution in [3.63, 3.8) is 0 Å². The number of rotatable bonds is 8. The Morgan fingerprint density at radius 3 is 2.09 bits per heavy atom. The summed E-state index contributed by atoms with van der Waals surface area (Å²) in [6.45, 7) is 0. The van der Waals surface area contributed by atoms with Crippen molar-refractivity contribution in [1.82, 2.24) is 9.97 Å². The lowest BCUT2D eigenvalue weighted by Crippen LogP contribution is -2.16. The zero-order chi connectivity index (χ0) is 25.0. The number of benzene rings is 3. The third-order valence-corrected chi connectivity index (χ3v) is 6.40. The normalized spacial score (nSPS) is 11.1. The van der Waals surface area contributed by atoms with Gasteiger partial charge < -0.3 is 19.5 Å². The number of sulfonamides is 1. The Morgan fingerprint density at radius 2 is 1.49 bits per heavy atom. The molecule has 180 valence electrons. The Morgan fingerprint density at radius 1 is 0.829 bits per heavy atom. The van der Waals surface area contributed by atoms with E-state index in [1.807, 2.05) is 0 Å². The highest BCUT2D eigenvalue weighted by Crippen LogP contribution is 2.34. The molecule has 1 aromatic heterocycles. The van der Waals surface area contributed by atoms with Gasteiger partial charge in [0.05, 0.1) is 48.5 Å². The molecule has 0 aliphatic heterocycles. The number of aromatic nitrogens is 2. The molecular formula is C24H22N4O6S. The second-order valence-electron chi connectivity index (χ2n) is 7.22. The van der Waals surface area contributed by atoms with Gasteiger partial charge in [-0.05, 0) is 48.5 Å². The average molecular weight is 495 g/mol. The van der Waals surface area contributed by atoms with Crippen molar-refractivity contribution in [3.05, 3.63) is 72.3 Å². The van der Waals surface area contributed by atoms with Gasteiger partial charge in [-0.3, -0.25) is 4.72 Å². The number of hydrogen-bond acceptors (Lipinski definition) is 9. The molecule has 3 aromatic carbocycles. The number of carbonyl (C=O) groups is 1. The first-order valence-corrected chi connectivity index (χ1v) is 11.8. The molecular weight excluding hydrogens is 472 g/mol. The molecule has 0 aliphatic rings. The zero-order valence-electron chi connectivity index (χ0n) is 19.1. The third kappa shape index (κ3) is 5.09. The lowest BCUT2D eigenvalue weighted by Gasteiger charge is -2.16. The van der Waals surface area contributed by atoms with Gasteiger partial charge in [0.15, 0.2) is 11.6 Å². The Hall–Kier alpha value is -4.38. The quantitative estimate of drug-likeness (QED) is 0.349. The molecule has 0 bridgehead atoms. The van der Waals surface area contributed by atoms with E-state index in [0.717, 1.165) is 0 Å². The van der Waals surface area contributed by atoms with Crippen molar-refractivity contribution >= 4 is 44.3 Å². The number of carbonyl (C=O) groups excluding carboxylic acids is 1. The SMILES string of the molecule is COC(=O)c1ccc(S(=O)(=O)Nc2nc3ccccc3nc2Nc2cc(OC)ccc2OC)cc1. The fraction of sp³-hybridized carbons (Fsp3) is 0.125. The Balaban J connectivity index is 1.76. The zero-order valence-corrected chi connectivity index (χ0v) is 19.9. The minimum atomic E-state index is -4.08. The van der Waals surface area contributed by atoms with Gasteiger partial charge in [-0.2, -0.15) is 0 Å². The summed E-state index contributed by atoms with van der Waals surface area (Å²) in [5, 5.41) is 3.10. The largest absolute Gasteiger partial charge is 0.497 e. The lowest BCUT2D eigenvalue weighted by atomic mass is 10.2. The lowest BCUT2D eigenvalue weighted by molar-refractivity contribution is 0.0600. The van der Waals surface area contributed by atoms with E-state index >= 15 is 0 Å². The molecule has 0 fully saturated rings. The van der Waals surface area contributed by atoms with Crippen molar-refractivity contribution in [3.8, 4) is 11.5 Å². The number of esters is 1. The van der Waals surface area contributed by atoms with Crippen LogP contribution in [0.4, 0.5) is 17.3 Å². The van der Waals surface area contributed by atoms with Crippen LogP contribution in [0.2, 0.25) is 0 Å². The van der Waals surface area contributed by atoms with Crippen molar-refractivity contribution in [1.29, 1.82) is 0 Å². The van der Waals surface area contributed by atoms with E-state index in [1.54, 1.807) is 42.5 Å². The number of fused-ring (bicyclic) bond motifs is 1. The van der Waals surface area contributed by atoms with Gasteiger partial charge in [0.2, 0.25) is 0 Å². The molecule has 4 rings (SSSR count). The molecule has 11 heteroatoms. The molecule has 0 radical (unpaired) electrons. The van der Waals surface area contributed by atoms with Crippen LogP contribution in [0.1, 0.15) is 10.4 Å². The number of nitrogens with zero attached hydrogens (tertiary/aromatic N) is 2. The van der Waals surface area contributed by atoms with Crippen LogP contribution in [0.5, 0.6) is 11.5 Å². The van der Waals surface area contributed by atoms with E-state index in [-0.39, 0.29) is 22.1 Å². The van der Waals surface area contributed by atoms with Gasteiger partial charge in [-0.25, -0.2) is 23.2 Å². The van der Waals surface area contributed by atoms with Crippen LogP contribution in [0.25, 0.3) is 11.0 Å². The Labute approximate surface area is 201 Å². The summed E-state index contributed by atoms with van der Waals surface area (Å²) in [6.07, 6.45) is 0. The molecule has 0 saturated carbocycles. The van der Waals surface area contributed by atoms with Gasteiger partial charge in [-0.1, -0.05) is 12.1 Å². The maximum Gasteiger partial charge on any atom is 0.337 e. The average Bonchev–Trinajstić information content (AvgIpc) is 2.88. The van der Waals surface area contributed by atoms with Crippen LogP contribution in [-0.4, -0.2) is 45.7 Å². The number of para-hydroxylation sites is 2. The summed E-state index contributed by atoms with van der Waals surface area (Å²) in [6, 6.07) is 17.6. The highest BCUT2D eigenvalue weighted by atomic mass is 32.2. The molecule has 2 N–H and O–H groups in total. The van der Waals surface area contributed by atoms with Gasteiger partial charge >= 0.3 is 5.97 Å². The molecule has 0 aliphatic carbocycles. The molecule has 35 heavy (non-hydrogen) atoms. The van der Waals surface area contributed by atoms with Crippen LogP contribution in [0, 0.1) is 0 Å². The fourth-order valence-corrected chi connectivity index (χ4v) is 4.28. The minimum Gasteiger partial charge on any atom is -0.497 e. The second-order valence-corrected chi connectivity index (χ2v) is 8.90. The fourth-order valence-electron chi connectivity index (χ4n) is 3.27. The van der Waals surface area contributed by atoms with E-state index in [1.165, 1.54) is 45.6 Å². The molecule has 0 saturated heterocycles. The van der Waals surface area contributed by atoms with Crippen molar-refractivity contribution < 1.29 is 27.4 Å². The summed E-state index contributed by atoms with van der Waals surface area (Å²) in [5.74, 6) is 0.625. The van der Waals surface area contributed by atoms with E-state index in [0.29, 0.717) is 28.2 Å². The van der Waals surface area contributed by atoms with E-state index < -0.39 is 16.0 Å². The topological polar surface area (TPSA) is 129 Å². The van der Waals surface area contributed by atoms with Crippen molar-refractivity contribution in [2.75, 3.05) is 31.4 Å². The van der Waals surface area contributed by atoms with Crippen LogP contribution in [-0.2, 0) is 14.8 Å². The first kappa shape index (κ1) is 23.8. The number of nitrogens with one attached hydrogen (secondary N) is 2. The molecule has 0 atom stereocenters. The first-order valence-electron chi connectivity index (χ1n) is 10.3. The van der Waals surface area contributed by atoms with Gasteiger partial charge in [-0.15, -0.1) is 0 Å². The molecule has 0 amide bonds. The summed E-state index contributed by atoms with van der Waals surface area (Å²) < 4.78 is 44.1. The number of hydrogen-bond donors (Lipinski definition) is 2. The van der Waals surface area contributed by atoms with Gasteiger partial charge in [0.25, 0.3) is 10.0 Å². The van der Waals surface area contributed by atoms with Crippen LogP contribution in [0.15, 0.2) is 71.6 Å². The Kier molecular flexibility index (Phi) is 6.69. The van der Waals surface area contributed by atoms with E-state index in [4.69, 9.17) is 9.47 Å². The van der Waals surface area contributed by atoms with Gasteiger partial charge in [0, 0.05) is 6.07 Å². The highest BCUT2D eigenvalue weighted by molar-refractivity contribution is 7.92. The summed E-state index contributed by atoms with van der Waals surface area (Å²) in [4.78, 5) is 20.7. The maximum atomic E-state index is 13.1. The molecule has 4 aromatic rings. The van der Waals surface area contributed by atoms with E-state index in [2.05, 4.69) is 24.7 Å². The minimum absolute atomic E-state index is 0.0226. The number of ether oxygens (including phenoxy) is 3. The van der Waals surface area contributed by atoms with Crippen molar-refractivity contribution in [2.45, 2.75) is 4.90 Å². The van der Waals surface area contributed by atoms with Gasteiger partial charge in [0.1, 0.15) is 11.5 Å². The number of anilines is 3. The molecule has 10 nitrogen and oxygen atoms in total. The summed E-state index contributed by atoms with van der Waals surface area (Å²) in [7, 11) is 0.223. The first-order chi connectivity index (χ1) is 16.8. The molecule has 1 heterocycles. The summed E-state index contributed by atoms with van der Waals surface area (Å²) >= 11 is 0. The third-order valence-electron chi connectivity index (χ3n) is 5.05. The second kappa shape index (κ2) is 9.85. The maximum absolute atomic E-state index is 13.1.